The van der Waals surface area contributed by atoms with E-state index in [0.29, 0.717) is 32.5 Å². The first-order valence-electron chi connectivity index (χ1n) is 8.55. The van der Waals surface area contributed by atoms with Crippen LogP contribution in [0.15, 0.2) is 24.3 Å². The number of likely N-dealkylation sites (tertiary alicyclic amines) is 1. The molecule has 0 aromatic heterocycles. The molecule has 0 saturated carbocycles. The van der Waals surface area contributed by atoms with E-state index in [2.05, 4.69) is 12.2 Å². The lowest BCUT2D eigenvalue weighted by molar-refractivity contribution is -0.149. The highest BCUT2D eigenvalue weighted by Crippen LogP contribution is 2.19. The summed E-state index contributed by atoms with van der Waals surface area (Å²) in [5, 5.41) is 2.77. The first-order valence-corrected chi connectivity index (χ1v) is 8.55. The molecular formula is C18H26N2O4. The summed E-state index contributed by atoms with van der Waals surface area (Å²) in [6.07, 6.45) is 2.17. The van der Waals surface area contributed by atoms with Crippen molar-refractivity contribution < 1.29 is 19.1 Å². The van der Waals surface area contributed by atoms with Crippen LogP contribution in [0, 0.1) is 5.92 Å². The van der Waals surface area contributed by atoms with Crippen LogP contribution in [0.3, 0.4) is 0 Å². The molecule has 2 rings (SSSR count). The Hall–Kier alpha value is -2.24. The van der Waals surface area contributed by atoms with E-state index in [9.17, 15) is 9.59 Å². The van der Waals surface area contributed by atoms with Crippen LogP contribution in [0.4, 0.5) is 4.79 Å². The molecule has 24 heavy (non-hydrogen) atoms. The second-order valence-corrected chi connectivity index (χ2v) is 5.75. The fourth-order valence-corrected chi connectivity index (χ4v) is 2.80. The van der Waals surface area contributed by atoms with Crippen LogP contribution in [0.2, 0.25) is 0 Å². The van der Waals surface area contributed by atoms with Crippen molar-refractivity contribution in [3.05, 3.63) is 29.8 Å². The van der Waals surface area contributed by atoms with Crippen LogP contribution >= 0.6 is 0 Å². The molecule has 2 amide bonds. The molecule has 132 valence electrons. The normalized spacial score (nSPS) is 15.0. The number of carbonyl (C=O) groups is 2. The molecule has 1 fully saturated rings. The Morgan fingerprint density at radius 1 is 1.21 bits per heavy atom. The van der Waals surface area contributed by atoms with E-state index in [1.54, 1.807) is 11.8 Å². The highest BCUT2D eigenvalue weighted by molar-refractivity contribution is 5.75. The number of carbonyl (C=O) groups excluding carboxylic acids is 2. The summed E-state index contributed by atoms with van der Waals surface area (Å²) < 4.78 is 10.7. The van der Waals surface area contributed by atoms with E-state index < -0.39 is 0 Å². The maximum atomic E-state index is 12.2. The largest absolute Gasteiger partial charge is 0.473 e. The molecule has 1 aromatic carbocycles. The molecule has 1 aliphatic rings. The van der Waals surface area contributed by atoms with E-state index in [1.165, 1.54) is 0 Å². The number of piperidine rings is 1. The van der Waals surface area contributed by atoms with Crippen LogP contribution in [0.5, 0.6) is 5.75 Å². The second-order valence-electron chi connectivity index (χ2n) is 5.75. The van der Waals surface area contributed by atoms with E-state index in [4.69, 9.17) is 9.47 Å². The van der Waals surface area contributed by atoms with E-state index in [1.807, 2.05) is 24.3 Å². The number of hydrogen-bond donors (Lipinski definition) is 1. The molecule has 1 heterocycles. The van der Waals surface area contributed by atoms with Gasteiger partial charge in [0.15, 0.2) is 6.73 Å². The van der Waals surface area contributed by atoms with Gasteiger partial charge in [-0.1, -0.05) is 25.1 Å². The second kappa shape index (κ2) is 9.15. The number of nitrogens with one attached hydrogen (secondary N) is 1. The van der Waals surface area contributed by atoms with Crippen molar-refractivity contribution in [1.29, 1.82) is 0 Å². The molecule has 0 atom stereocenters. The van der Waals surface area contributed by atoms with Crippen LogP contribution in [0.25, 0.3) is 0 Å². The molecule has 6 nitrogen and oxygen atoms in total. The number of rotatable bonds is 6. The Kier molecular flexibility index (Phi) is 6.90. The molecule has 0 aliphatic carbocycles. The van der Waals surface area contributed by atoms with E-state index in [-0.39, 0.29) is 24.6 Å². The van der Waals surface area contributed by atoms with Gasteiger partial charge in [-0.2, -0.15) is 0 Å². The number of nitrogens with zero attached hydrogens (tertiary/aromatic N) is 1. The van der Waals surface area contributed by atoms with Crippen molar-refractivity contribution >= 4 is 12.0 Å². The number of para-hydroxylation sites is 1. The zero-order valence-corrected chi connectivity index (χ0v) is 14.4. The van der Waals surface area contributed by atoms with Gasteiger partial charge >= 0.3 is 12.0 Å². The summed E-state index contributed by atoms with van der Waals surface area (Å²) in [6.45, 7) is 5.51. The van der Waals surface area contributed by atoms with E-state index >= 15 is 0 Å². The smallest absolute Gasteiger partial charge is 0.320 e. The van der Waals surface area contributed by atoms with Crippen molar-refractivity contribution in [3.8, 4) is 5.75 Å². The Morgan fingerprint density at radius 2 is 1.92 bits per heavy atom. The first-order chi connectivity index (χ1) is 11.7. The van der Waals surface area contributed by atoms with Crippen LogP contribution in [-0.2, 0) is 16.0 Å². The van der Waals surface area contributed by atoms with Crippen molar-refractivity contribution in [3.63, 3.8) is 0 Å². The Labute approximate surface area is 143 Å². The maximum Gasteiger partial charge on any atom is 0.320 e. The minimum atomic E-state index is -0.161. The van der Waals surface area contributed by atoms with Crippen LogP contribution in [-0.4, -0.2) is 43.3 Å². The van der Waals surface area contributed by atoms with Gasteiger partial charge in [-0.05, 0) is 37.8 Å². The SMILES string of the molecule is CCOC(=O)C1CCN(C(=O)NCOc2ccccc2CC)CC1. The summed E-state index contributed by atoms with van der Waals surface area (Å²) in [4.78, 5) is 25.6. The molecule has 0 radical (unpaired) electrons. The lowest BCUT2D eigenvalue weighted by Gasteiger charge is -2.30. The number of aryl methyl sites for hydroxylation is 1. The molecule has 6 heteroatoms. The number of hydrogen-bond acceptors (Lipinski definition) is 4. The highest BCUT2D eigenvalue weighted by Gasteiger charge is 2.28. The first kappa shape index (κ1) is 18.1. The van der Waals surface area contributed by atoms with Crippen molar-refractivity contribution in [2.75, 3.05) is 26.4 Å². The lowest BCUT2D eigenvalue weighted by Crippen LogP contribution is -2.46. The summed E-state index contributed by atoms with van der Waals surface area (Å²) in [5.41, 5.74) is 1.11. The molecule has 1 aromatic rings. The lowest BCUT2D eigenvalue weighted by atomic mass is 9.97. The monoisotopic (exact) mass is 334 g/mol. The van der Waals surface area contributed by atoms with Gasteiger partial charge in [0.2, 0.25) is 0 Å². The van der Waals surface area contributed by atoms with Gasteiger partial charge in [0.1, 0.15) is 5.75 Å². The third-order valence-corrected chi connectivity index (χ3v) is 4.21. The predicted octanol–water partition coefficient (Wildman–Crippen LogP) is 2.57. The van der Waals surface area contributed by atoms with Crippen molar-refractivity contribution in [1.82, 2.24) is 10.2 Å². The number of benzene rings is 1. The summed E-state index contributed by atoms with van der Waals surface area (Å²) >= 11 is 0. The summed E-state index contributed by atoms with van der Waals surface area (Å²) in [6, 6.07) is 7.63. The zero-order valence-electron chi connectivity index (χ0n) is 14.4. The minimum absolute atomic E-state index is 0.0957. The average molecular weight is 334 g/mol. The van der Waals surface area contributed by atoms with Gasteiger partial charge in [-0.25, -0.2) is 4.79 Å². The third-order valence-electron chi connectivity index (χ3n) is 4.21. The zero-order chi connectivity index (χ0) is 17.4. The quantitative estimate of drug-likeness (QED) is 0.641. The molecule has 0 spiro atoms. The Morgan fingerprint density at radius 3 is 2.58 bits per heavy atom. The van der Waals surface area contributed by atoms with Gasteiger partial charge in [0.25, 0.3) is 0 Å². The van der Waals surface area contributed by atoms with Gasteiger partial charge in [0.05, 0.1) is 12.5 Å². The fraction of sp³-hybridized carbons (Fsp3) is 0.556. The number of ether oxygens (including phenoxy) is 2. The average Bonchev–Trinajstić information content (AvgIpc) is 2.62. The maximum absolute atomic E-state index is 12.2. The summed E-state index contributed by atoms with van der Waals surface area (Å²) in [7, 11) is 0. The predicted molar refractivity (Wildman–Crippen MR) is 90.8 cm³/mol. The summed E-state index contributed by atoms with van der Waals surface area (Å²) in [5.74, 6) is 0.542. The Balaban J connectivity index is 1.73. The molecule has 0 bridgehead atoms. The van der Waals surface area contributed by atoms with Crippen LogP contribution in [0.1, 0.15) is 32.3 Å². The van der Waals surface area contributed by atoms with Crippen LogP contribution < -0.4 is 10.1 Å². The molecule has 1 aliphatic heterocycles. The molecule has 0 unspecified atom stereocenters. The van der Waals surface area contributed by atoms with Gasteiger partial charge in [-0.3, -0.25) is 4.79 Å². The number of urea groups is 1. The third kappa shape index (κ3) is 4.88. The van der Waals surface area contributed by atoms with Gasteiger partial charge in [-0.15, -0.1) is 0 Å². The minimum Gasteiger partial charge on any atom is -0.473 e. The number of esters is 1. The molecular weight excluding hydrogens is 308 g/mol. The van der Waals surface area contributed by atoms with Gasteiger partial charge in [0, 0.05) is 13.1 Å². The van der Waals surface area contributed by atoms with E-state index in [0.717, 1.165) is 17.7 Å². The topological polar surface area (TPSA) is 67.9 Å². The van der Waals surface area contributed by atoms with Crippen molar-refractivity contribution in [2.24, 2.45) is 5.92 Å². The molecule has 1 N–H and O–H groups in total. The van der Waals surface area contributed by atoms with Gasteiger partial charge < -0.3 is 19.7 Å². The van der Waals surface area contributed by atoms with Crippen molar-refractivity contribution in [2.45, 2.75) is 33.1 Å². The molecule has 1 saturated heterocycles. The fourth-order valence-electron chi connectivity index (χ4n) is 2.80. The Bertz CT molecular complexity index is 554. The number of amides is 2. The standard InChI is InChI=1S/C18H26N2O4/c1-3-14-7-5-6-8-16(14)24-13-19-18(22)20-11-9-15(10-12-20)17(21)23-4-2/h5-8,15H,3-4,9-13H2,1-2H3,(H,19,22). The highest BCUT2D eigenvalue weighted by atomic mass is 16.5.